The predicted octanol–water partition coefficient (Wildman–Crippen LogP) is 2.13. The maximum atomic E-state index is 9.26. The zero-order valence-corrected chi connectivity index (χ0v) is 10.9. The molecule has 0 saturated carbocycles. The number of aliphatic hydroxyl groups is 1. The monoisotopic (exact) mass is 252 g/mol. The van der Waals surface area contributed by atoms with Gasteiger partial charge in [0, 0.05) is 11.6 Å². The van der Waals surface area contributed by atoms with Crippen molar-refractivity contribution in [3.8, 4) is 11.5 Å². The summed E-state index contributed by atoms with van der Waals surface area (Å²) in [5, 5.41) is 9.26. The van der Waals surface area contributed by atoms with E-state index in [2.05, 4.69) is 6.92 Å². The molecule has 0 aliphatic carbocycles. The van der Waals surface area contributed by atoms with Crippen LogP contribution in [0.3, 0.4) is 0 Å². The van der Waals surface area contributed by atoms with Crippen LogP contribution in [0.4, 0.5) is 0 Å². The van der Waals surface area contributed by atoms with Gasteiger partial charge in [-0.05, 0) is 31.9 Å². The first-order chi connectivity index (χ1) is 8.72. The molecule has 0 aromatic heterocycles. The summed E-state index contributed by atoms with van der Waals surface area (Å²) in [6.45, 7) is 2.55. The molecule has 2 unspecified atom stereocenters. The van der Waals surface area contributed by atoms with Crippen LogP contribution in [-0.4, -0.2) is 31.0 Å². The first kappa shape index (κ1) is 13.2. The Hall–Kier alpha value is -1.26. The second-order valence-corrected chi connectivity index (χ2v) is 4.59. The molecular weight excluding hydrogens is 232 g/mol. The van der Waals surface area contributed by atoms with Crippen molar-refractivity contribution in [2.24, 2.45) is 0 Å². The quantitative estimate of drug-likeness (QED) is 0.872. The first-order valence-electron chi connectivity index (χ1n) is 6.29. The molecule has 4 heteroatoms. The highest BCUT2D eigenvalue weighted by Crippen LogP contribution is 2.26. The van der Waals surface area contributed by atoms with Gasteiger partial charge in [0.05, 0.1) is 25.9 Å². The Bertz CT molecular complexity index is 391. The summed E-state index contributed by atoms with van der Waals surface area (Å²) in [7, 11) is 1.61. The molecule has 4 nitrogen and oxygen atoms in total. The van der Waals surface area contributed by atoms with Crippen molar-refractivity contribution in [1.82, 2.24) is 0 Å². The lowest BCUT2D eigenvalue weighted by atomic mass is 10.2. The fourth-order valence-electron chi connectivity index (χ4n) is 2.12. The predicted molar refractivity (Wildman–Crippen MR) is 68.0 cm³/mol. The van der Waals surface area contributed by atoms with E-state index in [0.29, 0.717) is 18.5 Å². The number of ether oxygens (including phenoxy) is 3. The van der Waals surface area contributed by atoms with E-state index in [-0.39, 0.29) is 12.7 Å². The van der Waals surface area contributed by atoms with Gasteiger partial charge >= 0.3 is 0 Å². The highest BCUT2D eigenvalue weighted by atomic mass is 16.5. The van der Waals surface area contributed by atoms with E-state index < -0.39 is 0 Å². The normalized spacial score (nSPS) is 23.1. The first-order valence-corrected chi connectivity index (χ1v) is 6.29. The molecule has 2 atom stereocenters. The molecule has 1 N–H and O–H groups in total. The standard InChI is InChI=1S/C14H20O4/c1-10-3-5-13(18-10)9-17-14-7-12(16-2)6-4-11(14)8-15/h4,6-7,10,13,15H,3,5,8-9H2,1-2H3. The smallest absolute Gasteiger partial charge is 0.128 e. The topological polar surface area (TPSA) is 47.9 Å². The molecule has 1 fully saturated rings. The van der Waals surface area contributed by atoms with Crippen molar-refractivity contribution in [3.63, 3.8) is 0 Å². The van der Waals surface area contributed by atoms with E-state index in [9.17, 15) is 5.11 Å². The highest BCUT2D eigenvalue weighted by molar-refractivity contribution is 5.40. The van der Waals surface area contributed by atoms with Crippen molar-refractivity contribution in [2.45, 2.75) is 38.6 Å². The summed E-state index contributed by atoms with van der Waals surface area (Å²) in [6.07, 6.45) is 2.58. The maximum Gasteiger partial charge on any atom is 0.128 e. The molecule has 1 aromatic rings. The second-order valence-electron chi connectivity index (χ2n) is 4.59. The van der Waals surface area contributed by atoms with Gasteiger partial charge in [0.15, 0.2) is 0 Å². The molecule has 1 saturated heterocycles. The van der Waals surface area contributed by atoms with Gasteiger partial charge in [-0.15, -0.1) is 0 Å². The summed E-state index contributed by atoms with van der Waals surface area (Å²) < 4.78 is 16.6. The average Bonchev–Trinajstić information content (AvgIpc) is 2.81. The van der Waals surface area contributed by atoms with Crippen molar-refractivity contribution in [2.75, 3.05) is 13.7 Å². The Morgan fingerprint density at radius 1 is 1.39 bits per heavy atom. The third-order valence-corrected chi connectivity index (χ3v) is 3.19. The van der Waals surface area contributed by atoms with Crippen LogP contribution >= 0.6 is 0 Å². The van der Waals surface area contributed by atoms with Gasteiger partial charge in [-0.25, -0.2) is 0 Å². The molecule has 0 bridgehead atoms. The Kier molecular flexibility index (Phi) is 4.44. The van der Waals surface area contributed by atoms with E-state index in [1.807, 2.05) is 12.1 Å². The molecule has 0 radical (unpaired) electrons. The van der Waals surface area contributed by atoms with E-state index in [4.69, 9.17) is 14.2 Å². The lowest BCUT2D eigenvalue weighted by Gasteiger charge is -2.15. The SMILES string of the molecule is COc1ccc(CO)c(OCC2CCC(C)O2)c1. The Morgan fingerprint density at radius 3 is 2.83 bits per heavy atom. The molecule has 1 aromatic carbocycles. The largest absolute Gasteiger partial charge is 0.497 e. The van der Waals surface area contributed by atoms with Gasteiger partial charge in [0.25, 0.3) is 0 Å². The van der Waals surface area contributed by atoms with Crippen LogP contribution in [0.5, 0.6) is 11.5 Å². The second kappa shape index (κ2) is 6.07. The Labute approximate surface area is 107 Å². The average molecular weight is 252 g/mol. The minimum absolute atomic E-state index is 0.0404. The summed E-state index contributed by atoms with van der Waals surface area (Å²) in [6, 6.07) is 5.42. The van der Waals surface area contributed by atoms with Crippen LogP contribution < -0.4 is 9.47 Å². The van der Waals surface area contributed by atoms with Crippen molar-refractivity contribution in [3.05, 3.63) is 23.8 Å². The summed E-state index contributed by atoms with van der Waals surface area (Å²) in [5.41, 5.74) is 0.766. The molecule has 1 aliphatic heterocycles. The molecule has 100 valence electrons. The fourth-order valence-corrected chi connectivity index (χ4v) is 2.12. The minimum atomic E-state index is -0.0404. The van der Waals surface area contributed by atoms with E-state index in [0.717, 1.165) is 24.2 Å². The van der Waals surface area contributed by atoms with Crippen LogP contribution in [0.1, 0.15) is 25.3 Å². The number of aliphatic hydroxyl groups excluding tert-OH is 1. The number of hydrogen-bond donors (Lipinski definition) is 1. The van der Waals surface area contributed by atoms with Gasteiger partial charge < -0.3 is 19.3 Å². The zero-order chi connectivity index (χ0) is 13.0. The molecule has 1 heterocycles. The molecule has 0 spiro atoms. The van der Waals surface area contributed by atoms with E-state index in [1.165, 1.54) is 0 Å². The van der Waals surface area contributed by atoms with Crippen LogP contribution in [0, 0.1) is 0 Å². The van der Waals surface area contributed by atoms with Crippen molar-refractivity contribution < 1.29 is 19.3 Å². The minimum Gasteiger partial charge on any atom is -0.497 e. The third-order valence-electron chi connectivity index (χ3n) is 3.19. The lowest BCUT2D eigenvalue weighted by Crippen LogP contribution is -2.18. The van der Waals surface area contributed by atoms with Crippen LogP contribution in [-0.2, 0) is 11.3 Å². The number of benzene rings is 1. The molecular formula is C14H20O4. The molecule has 0 amide bonds. The molecule has 18 heavy (non-hydrogen) atoms. The zero-order valence-electron chi connectivity index (χ0n) is 10.9. The maximum absolute atomic E-state index is 9.26. The Morgan fingerprint density at radius 2 is 2.22 bits per heavy atom. The number of rotatable bonds is 5. The van der Waals surface area contributed by atoms with Crippen LogP contribution in [0.15, 0.2) is 18.2 Å². The van der Waals surface area contributed by atoms with Gasteiger partial charge in [-0.1, -0.05) is 0 Å². The number of hydrogen-bond acceptors (Lipinski definition) is 4. The highest BCUT2D eigenvalue weighted by Gasteiger charge is 2.22. The fraction of sp³-hybridized carbons (Fsp3) is 0.571. The van der Waals surface area contributed by atoms with Crippen molar-refractivity contribution in [1.29, 1.82) is 0 Å². The third kappa shape index (κ3) is 3.15. The summed E-state index contributed by atoms with van der Waals surface area (Å²) >= 11 is 0. The van der Waals surface area contributed by atoms with Gasteiger partial charge in [-0.2, -0.15) is 0 Å². The van der Waals surface area contributed by atoms with Gasteiger partial charge in [-0.3, -0.25) is 0 Å². The van der Waals surface area contributed by atoms with E-state index in [1.54, 1.807) is 13.2 Å². The van der Waals surface area contributed by atoms with Gasteiger partial charge in [0.1, 0.15) is 18.1 Å². The Balaban J connectivity index is 1.98. The lowest BCUT2D eigenvalue weighted by molar-refractivity contribution is 0.0259. The summed E-state index contributed by atoms with van der Waals surface area (Å²) in [5.74, 6) is 1.39. The van der Waals surface area contributed by atoms with Crippen molar-refractivity contribution >= 4 is 0 Å². The molecule has 2 rings (SSSR count). The number of methoxy groups -OCH3 is 1. The van der Waals surface area contributed by atoms with E-state index >= 15 is 0 Å². The summed E-state index contributed by atoms with van der Waals surface area (Å²) in [4.78, 5) is 0. The van der Waals surface area contributed by atoms with Crippen LogP contribution in [0.2, 0.25) is 0 Å². The van der Waals surface area contributed by atoms with Gasteiger partial charge in [0.2, 0.25) is 0 Å². The van der Waals surface area contributed by atoms with Crippen LogP contribution in [0.25, 0.3) is 0 Å². The molecule has 1 aliphatic rings.